The average molecular weight is 179 g/mol. The van der Waals surface area contributed by atoms with Crippen molar-refractivity contribution in [2.45, 2.75) is 26.4 Å². The fourth-order valence-corrected chi connectivity index (χ4v) is 1.35. The highest BCUT2D eigenvalue weighted by Gasteiger charge is 2.09. The van der Waals surface area contributed by atoms with Crippen molar-refractivity contribution in [3.63, 3.8) is 0 Å². The van der Waals surface area contributed by atoms with E-state index in [0.717, 1.165) is 12.0 Å². The van der Waals surface area contributed by atoms with Crippen molar-refractivity contribution in [2.24, 2.45) is 5.92 Å². The molecule has 0 heterocycles. The van der Waals surface area contributed by atoms with E-state index in [4.69, 9.17) is 5.73 Å². The average Bonchev–Trinajstić information content (AvgIpc) is 2.03. The molecule has 1 aromatic carbocycles. The van der Waals surface area contributed by atoms with Crippen LogP contribution in [0.2, 0.25) is 0 Å². The molecule has 0 aromatic heterocycles. The molecule has 1 atom stereocenters. The molecule has 0 radical (unpaired) electrons. The molecule has 0 bridgehead atoms. The van der Waals surface area contributed by atoms with Crippen molar-refractivity contribution < 1.29 is 5.11 Å². The Kier molecular flexibility index (Phi) is 3.32. The summed E-state index contributed by atoms with van der Waals surface area (Å²) in [5.41, 5.74) is 7.24. The highest BCUT2D eigenvalue weighted by Crippen LogP contribution is 2.22. The zero-order valence-corrected chi connectivity index (χ0v) is 8.20. The Morgan fingerprint density at radius 1 is 1.38 bits per heavy atom. The van der Waals surface area contributed by atoms with Gasteiger partial charge in [0, 0.05) is 5.69 Å². The molecule has 0 spiro atoms. The number of anilines is 1. The minimum absolute atomic E-state index is 0.386. The van der Waals surface area contributed by atoms with Crippen LogP contribution in [0.15, 0.2) is 24.3 Å². The maximum absolute atomic E-state index is 9.76. The second kappa shape index (κ2) is 4.28. The second-order valence-electron chi connectivity index (χ2n) is 3.82. The van der Waals surface area contributed by atoms with Crippen LogP contribution in [-0.2, 0) is 0 Å². The highest BCUT2D eigenvalue weighted by molar-refractivity contribution is 5.41. The summed E-state index contributed by atoms with van der Waals surface area (Å²) in [5.74, 6) is 0.497. The molecule has 0 aliphatic carbocycles. The second-order valence-corrected chi connectivity index (χ2v) is 3.82. The highest BCUT2D eigenvalue weighted by atomic mass is 16.3. The summed E-state index contributed by atoms with van der Waals surface area (Å²) in [6.45, 7) is 4.19. The van der Waals surface area contributed by atoms with Gasteiger partial charge in [-0.2, -0.15) is 0 Å². The van der Waals surface area contributed by atoms with E-state index in [2.05, 4.69) is 13.8 Å². The van der Waals surface area contributed by atoms with E-state index in [1.807, 2.05) is 24.3 Å². The molecule has 72 valence electrons. The van der Waals surface area contributed by atoms with Crippen molar-refractivity contribution >= 4 is 5.69 Å². The number of rotatable bonds is 3. The van der Waals surface area contributed by atoms with Crippen LogP contribution >= 0.6 is 0 Å². The van der Waals surface area contributed by atoms with Crippen LogP contribution in [0.1, 0.15) is 31.9 Å². The molecule has 2 heteroatoms. The third kappa shape index (κ3) is 3.07. The van der Waals surface area contributed by atoms with Crippen LogP contribution in [0.4, 0.5) is 5.69 Å². The smallest absolute Gasteiger partial charge is 0.0793 e. The lowest BCUT2D eigenvalue weighted by Crippen LogP contribution is -2.02. The molecule has 1 rings (SSSR count). The van der Waals surface area contributed by atoms with Crippen molar-refractivity contribution in [1.82, 2.24) is 0 Å². The largest absolute Gasteiger partial charge is 0.399 e. The van der Waals surface area contributed by atoms with Crippen LogP contribution in [-0.4, -0.2) is 5.11 Å². The molecular formula is C11H17NO. The van der Waals surface area contributed by atoms with Gasteiger partial charge >= 0.3 is 0 Å². The zero-order chi connectivity index (χ0) is 9.84. The van der Waals surface area contributed by atoms with Crippen LogP contribution in [0, 0.1) is 5.92 Å². The summed E-state index contributed by atoms with van der Waals surface area (Å²) in [4.78, 5) is 0. The van der Waals surface area contributed by atoms with E-state index in [-0.39, 0.29) is 6.10 Å². The van der Waals surface area contributed by atoms with E-state index in [1.54, 1.807) is 0 Å². The fourth-order valence-electron chi connectivity index (χ4n) is 1.35. The number of aliphatic hydroxyl groups excluding tert-OH is 1. The number of benzene rings is 1. The van der Waals surface area contributed by atoms with Crippen molar-refractivity contribution in [2.75, 3.05) is 5.73 Å². The normalized spacial score (nSPS) is 13.2. The minimum atomic E-state index is -0.386. The molecule has 13 heavy (non-hydrogen) atoms. The minimum Gasteiger partial charge on any atom is -0.399 e. The third-order valence-electron chi connectivity index (χ3n) is 1.99. The van der Waals surface area contributed by atoms with E-state index >= 15 is 0 Å². The lowest BCUT2D eigenvalue weighted by Gasteiger charge is -2.13. The molecular weight excluding hydrogens is 162 g/mol. The van der Waals surface area contributed by atoms with Gasteiger partial charge in [-0.15, -0.1) is 0 Å². The van der Waals surface area contributed by atoms with Crippen molar-refractivity contribution in [1.29, 1.82) is 0 Å². The van der Waals surface area contributed by atoms with Crippen molar-refractivity contribution in [3.8, 4) is 0 Å². The number of aliphatic hydroxyl groups is 1. The summed E-state index contributed by atoms with van der Waals surface area (Å²) in [6.07, 6.45) is 0.396. The summed E-state index contributed by atoms with van der Waals surface area (Å²) in [5, 5.41) is 9.76. The Morgan fingerprint density at radius 3 is 2.62 bits per heavy atom. The Balaban J connectivity index is 2.71. The van der Waals surface area contributed by atoms with Gasteiger partial charge in [0.05, 0.1) is 6.10 Å². The van der Waals surface area contributed by atoms with E-state index in [9.17, 15) is 5.11 Å². The van der Waals surface area contributed by atoms with Gasteiger partial charge in [-0.05, 0) is 30.0 Å². The Morgan fingerprint density at radius 2 is 2.08 bits per heavy atom. The molecule has 3 N–H and O–H groups in total. The predicted octanol–water partition coefficient (Wildman–Crippen LogP) is 2.35. The molecule has 0 amide bonds. The summed E-state index contributed by atoms with van der Waals surface area (Å²) in [7, 11) is 0. The van der Waals surface area contributed by atoms with Gasteiger partial charge in [0.15, 0.2) is 0 Å². The molecule has 0 aliphatic heterocycles. The van der Waals surface area contributed by atoms with Crippen LogP contribution in [0.25, 0.3) is 0 Å². The first kappa shape index (κ1) is 10.1. The van der Waals surface area contributed by atoms with E-state index in [0.29, 0.717) is 11.6 Å². The summed E-state index contributed by atoms with van der Waals surface area (Å²) in [6, 6.07) is 7.43. The number of nitrogen functional groups attached to an aromatic ring is 1. The maximum Gasteiger partial charge on any atom is 0.0793 e. The zero-order valence-electron chi connectivity index (χ0n) is 8.20. The van der Waals surface area contributed by atoms with Gasteiger partial charge in [-0.3, -0.25) is 0 Å². The topological polar surface area (TPSA) is 46.2 Å². The molecule has 2 nitrogen and oxygen atoms in total. The quantitative estimate of drug-likeness (QED) is 0.700. The van der Waals surface area contributed by atoms with Gasteiger partial charge in [0.1, 0.15) is 0 Å². The monoisotopic (exact) mass is 179 g/mol. The van der Waals surface area contributed by atoms with E-state index < -0.39 is 0 Å². The number of hydrogen-bond acceptors (Lipinski definition) is 2. The molecule has 1 unspecified atom stereocenters. The van der Waals surface area contributed by atoms with Crippen molar-refractivity contribution in [3.05, 3.63) is 29.8 Å². The van der Waals surface area contributed by atoms with Crippen LogP contribution in [0.5, 0.6) is 0 Å². The van der Waals surface area contributed by atoms with Crippen LogP contribution < -0.4 is 5.73 Å². The molecule has 0 saturated carbocycles. The molecule has 0 fully saturated rings. The standard InChI is InChI=1S/C11H17NO/c1-8(2)6-11(13)9-4-3-5-10(12)7-9/h3-5,7-8,11,13H,6,12H2,1-2H3. The van der Waals surface area contributed by atoms with Gasteiger partial charge < -0.3 is 10.8 Å². The molecule has 0 aliphatic rings. The Bertz CT molecular complexity index is 271. The first-order chi connectivity index (χ1) is 6.09. The molecule has 1 aromatic rings. The molecule has 0 saturated heterocycles. The first-order valence-electron chi connectivity index (χ1n) is 4.63. The SMILES string of the molecule is CC(C)CC(O)c1cccc(N)c1. The maximum atomic E-state index is 9.76. The van der Waals surface area contributed by atoms with E-state index in [1.165, 1.54) is 0 Å². The summed E-state index contributed by atoms with van der Waals surface area (Å²) >= 11 is 0. The fraction of sp³-hybridized carbons (Fsp3) is 0.455. The first-order valence-corrected chi connectivity index (χ1v) is 4.63. The lowest BCUT2D eigenvalue weighted by atomic mass is 9.99. The summed E-state index contributed by atoms with van der Waals surface area (Å²) < 4.78 is 0. The Hall–Kier alpha value is -1.02. The van der Waals surface area contributed by atoms with Crippen LogP contribution in [0.3, 0.4) is 0 Å². The van der Waals surface area contributed by atoms with Gasteiger partial charge in [0.2, 0.25) is 0 Å². The van der Waals surface area contributed by atoms with Gasteiger partial charge in [0.25, 0.3) is 0 Å². The van der Waals surface area contributed by atoms with Gasteiger partial charge in [-0.25, -0.2) is 0 Å². The third-order valence-corrected chi connectivity index (χ3v) is 1.99. The predicted molar refractivity (Wildman–Crippen MR) is 55.3 cm³/mol. The Labute approximate surface area is 79.4 Å². The number of nitrogens with two attached hydrogens (primary N) is 1. The van der Waals surface area contributed by atoms with Gasteiger partial charge in [-0.1, -0.05) is 26.0 Å². The number of hydrogen-bond donors (Lipinski definition) is 2. The lowest BCUT2D eigenvalue weighted by molar-refractivity contribution is 0.151.